The molecular weight excluding hydrogens is 264 g/mol. The van der Waals surface area contributed by atoms with Crippen LogP contribution in [0.4, 0.5) is 11.4 Å². The van der Waals surface area contributed by atoms with E-state index in [1.807, 2.05) is 32.9 Å². The van der Waals surface area contributed by atoms with Crippen LogP contribution in [0.3, 0.4) is 0 Å². The zero-order valence-corrected chi connectivity index (χ0v) is 12.6. The number of aryl methyl sites for hydroxylation is 2. The second-order valence-electron chi connectivity index (χ2n) is 4.94. The van der Waals surface area contributed by atoms with Gasteiger partial charge in [-0.3, -0.25) is 4.79 Å². The molecule has 0 saturated heterocycles. The molecule has 0 fully saturated rings. The maximum Gasteiger partial charge on any atom is 0.255 e. The number of carbonyl (C=O) groups is 1. The summed E-state index contributed by atoms with van der Waals surface area (Å²) in [5.41, 5.74) is 9.84. The number of nitrogens with two attached hydrogens (primary N) is 1. The summed E-state index contributed by atoms with van der Waals surface area (Å²) in [4.78, 5) is 12.2. The van der Waals surface area contributed by atoms with Crippen molar-refractivity contribution < 1.29 is 9.53 Å². The minimum absolute atomic E-state index is 0.148. The van der Waals surface area contributed by atoms with Crippen LogP contribution in [0.5, 0.6) is 5.75 Å². The van der Waals surface area contributed by atoms with E-state index < -0.39 is 0 Å². The average molecular weight is 284 g/mol. The van der Waals surface area contributed by atoms with E-state index in [9.17, 15) is 4.79 Å². The minimum Gasteiger partial charge on any atom is -0.494 e. The molecule has 0 heterocycles. The number of nitrogens with one attached hydrogen (secondary N) is 1. The normalized spacial score (nSPS) is 10.2. The Morgan fingerprint density at radius 1 is 1.14 bits per heavy atom. The minimum atomic E-state index is -0.148. The summed E-state index contributed by atoms with van der Waals surface area (Å²) >= 11 is 0. The summed E-state index contributed by atoms with van der Waals surface area (Å²) in [5, 5.41) is 2.91. The molecule has 0 saturated carbocycles. The Hall–Kier alpha value is -2.49. The standard InChI is InChI=1S/C17H20N2O2/c1-4-21-14-7-5-13(6-8-14)17(20)19-16-10-11(2)15(18)9-12(16)3/h5-10H,4,18H2,1-3H3,(H,19,20). The predicted molar refractivity (Wildman–Crippen MR) is 85.9 cm³/mol. The first-order valence-corrected chi connectivity index (χ1v) is 6.92. The lowest BCUT2D eigenvalue weighted by molar-refractivity contribution is 0.102. The highest BCUT2D eigenvalue weighted by atomic mass is 16.5. The zero-order valence-electron chi connectivity index (χ0n) is 12.6. The fraction of sp³-hybridized carbons (Fsp3) is 0.235. The van der Waals surface area contributed by atoms with Gasteiger partial charge >= 0.3 is 0 Å². The lowest BCUT2D eigenvalue weighted by atomic mass is 10.1. The van der Waals surface area contributed by atoms with Crippen LogP contribution in [0.15, 0.2) is 36.4 Å². The molecule has 2 aromatic rings. The molecule has 0 aliphatic carbocycles. The van der Waals surface area contributed by atoms with Gasteiger partial charge in [0.05, 0.1) is 6.61 Å². The van der Waals surface area contributed by atoms with Crippen molar-refractivity contribution in [3.05, 3.63) is 53.1 Å². The molecule has 0 aliphatic rings. The van der Waals surface area contributed by atoms with Crippen molar-refractivity contribution in [2.45, 2.75) is 20.8 Å². The molecule has 2 aromatic carbocycles. The van der Waals surface area contributed by atoms with Crippen LogP contribution in [-0.4, -0.2) is 12.5 Å². The molecule has 4 heteroatoms. The number of hydrogen-bond acceptors (Lipinski definition) is 3. The molecule has 0 unspecified atom stereocenters. The smallest absolute Gasteiger partial charge is 0.255 e. The Bertz CT molecular complexity index is 649. The van der Waals surface area contributed by atoms with Gasteiger partial charge in [-0.05, 0) is 68.3 Å². The van der Waals surface area contributed by atoms with Gasteiger partial charge in [0.1, 0.15) is 5.75 Å². The van der Waals surface area contributed by atoms with Crippen molar-refractivity contribution in [2.75, 3.05) is 17.7 Å². The molecule has 3 N–H and O–H groups in total. The van der Waals surface area contributed by atoms with Gasteiger partial charge in [-0.15, -0.1) is 0 Å². The summed E-state index contributed by atoms with van der Waals surface area (Å²) < 4.78 is 5.36. The molecule has 1 amide bonds. The summed E-state index contributed by atoms with van der Waals surface area (Å²) in [6.45, 7) is 6.37. The van der Waals surface area contributed by atoms with Crippen LogP contribution in [-0.2, 0) is 0 Å². The van der Waals surface area contributed by atoms with Gasteiger partial charge in [-0.1, -0.05) is 0 Å². The van der Waals surface area contributed by atoms with Crippen LogP contribution >= 0.6 is 0 Å². The predicted octanol–water partition coefficient (Wildman–Crippen LogP) is 3.54. The monoisotopic (exact) mass is 284 g/mol. The van der Waals surface area contributed by atoms with Crippen LogP contribution in [0.1, 0.15) is 28.4 Å². The molecule has 0 bridgehead atoms. The largest absolute Gasteiger partial charge is 0.494 e. The van der Waals surface area contributed by atoms with Crippen molar-refractivity contribution in [1.29, 1.82) is 0 Å². The van der Waals surface area contributed by atoms with Crippen molar-refractivity contribution in [1.82, 2.24) is 0 Å². The summed E-state index contributed by atoms with van der Waals surface area (Å²) in [6.07, 6.45) is 0. The highest BCUT2D eigenvalue weighted by Gasteiger charge is 2.09. The van der Waals surface area contributed by atoms with E-state index in [0.29, 0.717) is 12.2 Å². The highest BCUT2D eigenvalue weighted by molar-refractivity contribution is 6.04. The van der Waals surface area contributed by atoms with Gasteiger partial charge in [0.25, 0.3) is 5.91 Å². The number of carbonyl (C=O) groups excluding carboxylic acids is 1. The van der Waals surface area contributed by atoms with E-state index in [-0.39, 0.29) is 5.91 Å². The van der Waals surface area contributed by atoms with E-state index in [4.69, 9.17) is 10.5 Å². The van der Waals surface area contributed by atoms with Crippen LogP contribution < -0.4 is 15.8 Å². The first-order chi connectivity index (χ1) is 10.0. The average Bonchev–Trinajstić information content (AvgIpc) is 2.46. The molecular formula is C17H20N2O2. The Morgan fingerprint density at radius 3 is 2.43 bits per heavy atom. The third-order valence-corrected chi connectivity index (χ3v) is 3.29. The van der Waals surface area contributed by atoms with Crippen LogP contribution in [0.25, 0.3) is 0 Å². The second kappa shape index (κ2) is 6.31. The Kier molecular flexibility index (Phi) is 4.48. The number of rotatable bonds is 4. The fourth-order valence-corrected chi connectivity index (χ4v) is 2.04. The third kappa shape index (κ3) is 3.54. The van der Waals surface area contributed by atoms with Gasteiger partial charge in [0, 0.05) is 16.9 Å². The van der Waals surface area contributed by atoms with Crippen molar-refractivity contribution in [2.24, 2.45) is 0 Å². The first-order valence-electron chi connectivity index (χ1n) is 6.92. The summed E-state index contributed by atoms with van der Waals surface area (Å²) in [7, 11) is 0. The second-order valence-corrected chi connectivity index (χ2v) is 4.94. The van der Waals surface area contributed by atoms with Crippen molar-refractivity contribution >= 4 is 17.3 Å². The summed E-state index contributed by atoms with van der Waals surface area (Å²) in [5.74, 6) is 0.610. The number of hydrogen-bond donors (Lipinski definition) is 2. The number of anilines is 2. The van der Waals surface area contributed by atoms with Crippen molar-refractivity contribution in [3.8, 4) is 5.75 Å². The van der Waals surface area contributed by atoms with Gasteiger partial charge in [-0.25, -0.2) is 0 Å². The van der Waals surface area contributed by atoms with E-state index in [0.717, 1.165) is 28.3 Å². The number of ether oxygens (including phenoxy) is 1. The lowest BCUT2D eigenvalue weighted by Gasteiger charge is -2.11. The van der Waals surface area contributed by atoms with Crippen molar-refractivity contribution in [3.63, 3.8) is 0 Å². The van der Waals surface area contributed by atoms with Crippen LogP contribution in [0.2, 0.25) is 0 Å². The number of benzene rings is 2. The highest BCUT2D eigenvalue weighted by Crippen LogP contribution is 2.23. The molecule has 0 aliphatic heterocycles. The lowest BCUT2D eigenvalue weighted by Crippen LogP contribution is -2.13. The number of nitrogen functional groups attached to an aromatic ring is 1. The van der Waals surface area contributed by atoms with Gasteiger partial charge in [0.2, 0.25) is 0 Å². The zero-order chi connectivity index (χ0) is 15.4. The molecule has 0 atom stereocenters. The Balaban J connectivity index is 2.16. The third-order valence-electron chi connectivity index (χ3n) is 3.29. The van der Waals surface area contributed by atoms with E-state index in [1.165, 1.54) is 0 Å². The molecule has 4 nitrogen and oxygen atoms in total. The first kappa shape index (κ1) is 14.9. The molecule has 0 radical (unpaired) electrons. The molecule has 0 spiro atoms. The quantitative estimate of drug-likeness (QED) is 0.844. The molecule has 2 rings (SSSR count). The Labute approximate surface area is 124 Å². The SMILES string of the molecule is CCOc1ccc(C(=O)Nc2cc(C)c(N)cc2C)cc1. The maximum atomic E-state index is 12.2. The van der Waals surface area contributed by atoms with E-state index in [1.54, 1.807) is 24.3 Å². The maximum absolute atomic E-state index is 12.2. The molecule has 110 valence electrons. The van der Waals surface area contributed by atoms with E-state index in [2.05, 4.69) is 5.32 Å². The topological polar surface area (TPSA) is 64.3 Å². The van der Waals surface area contributed by atoms with E-state index >= 15 is 0 Å². The van der Waals surface area contributed by atoms with Crippen LogP contribution in [0, 0.1) is 13.8 Å². The summed E-state index contributed by atoms with van der Waals surface area (Å²) in [6, 6.07) is 10.8. The molecule has 0 aromatic heterocycles. The Morgan fingerprint density at radius 2 is 1.81 bits per heavy atom. The van der Waals surface area contributed by atoms with Gasteiger partial charge in [-0.2, -0.15) is 0 Å². The van der Waals surface area contributed by atoms with Gasteiger partial charge < -0.3 is 15.8 Å². The fourth-order valence-electron chi connectivity index (χ4n) is 2.04. The van der Waals surface area contributed by atoms with Gasteiger partial charge in [0.15, 0.2) is 0 Å². The molecule has 21 heavy (non-hydrogen) atoms. The number of amides is 1.